The molecule has 0 spiro atoms. The van der Waals surface area contributed by atoms with Crippen LogP contribution in [0.1, 0.15) is 35.2 Å². The molecule has 0 unspecified atom stereocenters. The number of benzene rings is 2. The third kappa shape index (κ3) is 3.53. The lowest BCUT2D eigenvalue weighted by molar-refractivity contribution is 0.102. The third-order valence-corrected chi connectivity index (χ3v) is 7.00. The number of carbonyl (C=O) groups excluding carboxylic acids is 1. The van der Waals surface area contributed by atoms with Crippen LogP contribution in [0.3, 0.4) is 0 Å². The molecule has 1 aliphatic rings. The van der Waals surface area contributed by atoms with Crippen molar-refractivity contribution in [3.05, 3.63) is 53.7 Å². The van der Waals surface area contributed by atoms with Gasteiger partial charge in [-0.1, -0.05) is 12.5 Å². The lowest BCUT2D eigenvalue weighted by Crippen LogP contribution is -2.35. The summed E-state index contributed by atoms with van der Waals surface area (Å²) in [4.78, 5) is 13.0. The van der Waals surface area contributed by atoms with Crippen molar-refractivity contribution in [1.82, 2.24) is 14.5 Å². The molecule has 0 atom stereocenters. The van der Waals surface area contributed by atoms with Crippen LogP contribution in [0, 0.1) is 6.92 Å². The van der Waals surface area contributed by atoms with Crippen LogP contribution in [0.4, 0.5) is 5.69 Å². The predicted octanol–water partition coefficient (Wildman–Crippen LogP) is 3.30. The lowest BCUT2D eigenvalue weighted by Gasteiger charge is -2.26. The van der Waals surface area contributed by atoms with Gasteiger partial charge in [-0.05, 0) is 55.7 Å². The van der Waals surface area contributed by atoms with Gasteiger partial charge in [0.05, 0.1) is 16.6 Å². The number of sulfonamides is 1. The molecular formula is C20H22N4O3S. The molecular weight excluding hydrogens is 376 g/mol. The minimum absolute atomic E-state index is 0.162. The number of aryl methyl sites for hydroxylation is 1. The zero-order valence-electron chi connectivity index (χ0n) is 15.6. The summed E-state index contributed by atoms with van der Waals surface area (Å²) in [5, 5.41) is 10.6. The number of fused-ring (bicyclic) bond motifs is 1. The Morgan fingerprint density at radius 1 is 1.11 bits per heavy atom. The smallest absolute Gasteiger partial charge is 0.255 e. The largest absolute Gasteiger partial charge is 0.322 e. The van der Waals surface area contributed by atoms with Crippen LogP contribution in [0.15, 0.2) is 47.5 Å². The van der Waals surface area contributed by atoms with E-state index in [1.807, 2.05) is 12.1 Å². The quantitative estimate of drug-likeness (QED) is 0.705. The van der Waals surface area contributed by atoms with Crippen molar-refractivity contribution < 1.29 is 13.2 Å². The number of aromatic amines is 1. The highest BCUT2D eigenvalue weighted by atomic mass is 32.2. The fourth-order valence-corrected chi connectivity index (χ4v) is 5.02. The second-order valence-electron chi connectivity index (χ2n) is 7.07. The van der Waals surface area contributed by atoms with Gasteiger partial charge in [-0.2, -0.15) is 9.40 Å². The van der Waals surface area contributed by atoms with E-state index in [4.69, 9.17) is 0 Å². The summed E-state index contributed by atoms with van der Waals surface area (Å²) < 4.78 is 27.4. The van der Waals surface area contributed by atoms with Gasteiger partial charge in [0.2, 0.25) is 10.0 Å². The molecule has 0 saturated carbocycles. The average molecular weight is 398 g/mol. The van der Waals surface area contributed by atoms with E-state index in [2.05, 4.69) is 15.5 Å². The maximum Gasteiger partial charge on any atom is 0.255 e. The summed E-state index contributed by atoms with van der Waals surface area (Å²) in [5.41, 5.74) is 2.58. The number of hydrogen-bond acceptors (Lipinski definition) is 4. The van der Waals surface area contributed by atoms with Gasteiger partial charge in [0.15, 0.2) is 0 Å². The summed E-state index contributed by atoms with van der Waals surface area (Å²) >= 11 is 0. The number of nitrogens with one attached hydrogen (secondary N) is 2. The molecule has 7 nitrogen and oxygen atoms in total. The summed E-state index contributed by atoms with van der Waals surface area (Å²) in [6, 6.07) is 10.2. The summed E-state index contributed by atoms with van der Waals surface area (Å²) in [6.07, 6.45) is 4.47. The Hall–Kier alpha value is -2.71. The van der Waals surface area contributed by atoms with E-state index < -0.39 is 10.0 Å². The van der Waals surface area contributed by atoms with E-state index in [0.717, 1.165) is 35.7 Å². The molecule has 1 fully saturated rings. The number of anilines is 1. The highest BCUT2D eigenvalue weighted by Crippen LogP contribution is 2.24. The standard InChI is InChI=1S/C20H22N4O3S/c1-14-5-7-17(28(26,27)24-9-3-2-4-10-24)12-18(14)20(25)22-16-6-8-19-15(11-16)13-21-23-19/h5-8,11-13H,2-4,9-10H2,1H3,(H,21,23)(H,22,25). The monoisotopic (exact) mass is 398 g/mol. The topological polar surface area (TPSA) is 95.2 Å². The second kappa shape index (κ2) is 7.37. The SMILES string of the molecule is Cc1ccc(S(=O)(=O)N2CCCCC2)cc1C(=O)Nc1ccc2[nH]ncc2c1. The maximum atomic E-state index is 12.9. The van der Waals surface area contributed by atoms with E-state index in [1.165, 1.54) is 10.4 Å². The summed E-state index contributed by atoms with van der Waals surface area (Å²) in [7, 11) is -3.59. The number of carbonyl (C=O) groups is 1. The van der Waals surface area contributed by atoms with Crippen LogP contribution in [-0.2, 0) is 10.0 Å². The molecule has 1 aromatic heterocycles. The van der Waals surface area contributed by atoms with Crippen molar-refractivity contribution >= 4 is 32.5 Å². The Morgan fingerprint density at radius 3 is 2.68 bits per heavy atom. The average Bonchev–Trinajstić information content (AvgIpc) is 3.16. The van der Waals surface area contributed by atoms with Crippen LogP contribution in [0.25, 0.3) is 10.9 Å². The number of hydrogen-bond donors (Lipinski definition) is 2. The number of piperidine rings is 1. The third-order valence-electron chi connectivity index (χ3n) is 5.10. The van der Waals surface area contributed by atoms with Crippen molar-refractivity contribution in [3.63, 3.8) is 0 Å². The first-order valence-corrected chi connectivity index (χ1v) is 10.7. The minimum atomic E-state index is -3.59. The molecule has 4 rings (SSSR count). The van der Waals surface area contributed by atoms with Crippen LogP contribution in [-0.4, -0.2) is 41.9 Å². The molecule has 8 heteroatoms. The van der Waals surface area contributed by atoms with Crippen molar-refractivity contribution in [3.8, 4) is 0 Å². The number of rotatable bonds is 4. The highest BCUT2D eigenvalue weighted by molar-refractivity contribution is 7.89. The number of amides is 1. The predicted molar refractivity (Wildman–Crippen MR) is 108 cm³/mol. The fourth-order valence-electron chi connectivity index (χ4n) is 3.48. The van der Waals surface area contributed by atoms with E-state index in [9.17, 15) is 13.2 Å². The van der Waals surface area contributed by atoms with E-state index >= 15 is 0 Å². The van der Waals surface area contributed by atoms with Gasteiger partial charge in [-0.15, -0.1) is 0 Å². The second-order valence-corrected chi connectivity index (χ2v) is 9.01. The van der Waals surface area contributed by atoms with Crippen LogP contribution in [0.2, 0.25) is 0 Å². The zero-order valence-corrected chi connectivity index (χ0v) is 16.4. The van der Waals surface area contributed by atoms with Gasteiger partial charge in [0.1, 0.15) is 0 Å². The number of aromatic nitrogens is 2. The van der Waals surface area contributed by atoms with E-state index in [1.54, 1.807) is 31.3 Å². The molecule has 0 aliphatic carbocycles. The van der Waals surface area contributed by atoms with Crippen LogP contribution in [0.5, 0.6) is 0 Å². The molecule has 0 bridgehead atoms. The molecule has 28 heavy (non-hydrogen) atoms. The van der Waals surface area contributed by atoms with E-state index in [-0.39, 0.29) is 10.8 Å². The van der Waals surface area contributed by atoms with Crippen LogP contribution >= 0.6 is 0 Å². The molecule has 1 aliphatic heterocycles. The summed E-state index contributed by atoms with van der Waals surface area (Å²) in [6.45, 7) is 2.86. The Bertz CT molecular complexity index is 1130. The van der Waals surface area contributed by atoms with Gasteiger partial charge in [0.25, 0.3) is 5.91 Å². The zero-order chi connectivity index (χ0) is 19.7. The van der Waals surface area contributed by atoms with Gasteiger partial charge in [0, 0.05) is 29.7 Å². The molecule has 2 aromatic carbocycles. The molecule has 0 radical (unpaired) electrons. The molecule has 3 aromatic rings. The maximum absolute atomic E-state index is 12.9. The summed E-state index contributed by atoms with van der Waals surface area (Å²) in [5.74, 6) is -0.337. The van der Waals surface area contributed by atoms with Crippen LogP contribution < -0.4 is 5.32 Å². The highest BCUT2D eigenvalue weighted by Gasteiger charge is 2.27. The molecule has 2 N–H and O–H groups in total. The molecule has 1 saturated heterocycles. The van der Waals surface area contributed by atoms with Crippen molar-refractivity contribution in [2.75, 3.05) is 18.4 Å². The van der Waals surface area contributed by atoms with Gasteiger partial charge in [-0.3, -0.25) is 9.89 Å². The Morgan fingerprint density at radius 2 is 1.89 bits per heavy atom. The first-order chi connectivity index (χ1) is 13.4. The minimum Gasteiger partial charge on any atom is -0.322 e. The molecule has 1 amide bonds. The normalized spacial score (nSPS) is 15.6. The Labute approximate surface area is 163 Å². The van der Waals surface area contributed by atoms with Crippen molar-refractivity contribution in [2.24, 2.45) is 0 Å². The number of H-pyrrole nitrogens is 1. The van der Waals surface area contributed by atoms with Gasteiger partial charge < -0.3 is 5.32 Å². The van der Waals surface area contributed by atoms with Gasteiger partial charge >= 0.3 is 0 Å². The Kier molecular flexibility index (Phi) is 4.91. The fraction of sp³-hybridized carbons (Fsp3) is 0.300. The van der Waals surface area contributed by atoms with E-state index in [0.29, 0.717) is 24.3 Å². The molecule has 146 valence electrons. The lowest BCUT2D eigenvalue weighted by atomic mass is 10.1. The first-order valence-electron chi connectivity index (χ1n) is 9.30. The Balaban J connectivity index is 1.61. The van der Waals surface area contributed by atoms with Crippen molar-refractivity contribution in [1.29, 1.82) is 0 Å². The number of nitrogens with zero attached hydrogens (tertiary/aromatic N) is 2. The first kappa shape index (κ1) is 18.6. The molecule has 2 heterocycles. The van der Waals surface area contributed by atoms with Gasteiger partial charge in [-0.25, -0.2) is 8.42 Å². The van der Waals surface area contributed by atoms with Crippen molar-refractivity contribution in [2.45, 2.75) is 31.1 Å².